The molecule has 3 heteroatoms. The summed E-state index contributed by atoms with van der Waals surface area (Å²) in [5, 5.41) is 11.8. The van der Waals surface area contributed by atoms with Crippen molar-refractivity contribution in [2.75, 3.05) is 6.54 Å². The van der Waals surface area contributed by atoms with E-state index in [1.54, 1.807) is 0 Å². The van der Waals surface area contributed by atoms with Crippen molar-refractivity contribution in [3.8, 4) is 0 Å². The highest BCUT2D eigenvalue weighted by Crippen LogP contribution is 2.14. The van der Waals surface area contributed by atoms with Crippen LogP contribution in [-0.2, 0) is 11.3 Å². The van der Waals surface area contributed by atoms with Gasteiger partial charge in [0.15, 0.2) is 0 Å². The molecule has 0 aliphatic rings. The Morgan fingerprint density at radius 3 is 2.44 bits per heavy atom. The van der Waals surface area contributed by atoms with Crippen molar-refractivity contribution < 1.29 is 9.90 Å². The van der Waals surface area contributed by atoms with Gasteiger partial charge in [0, 0.05) is 19.2 Å². The summed E-state index contributed by atoms with van der Waals surface area (Å²) < 4.78 is 0. The maximum Gasteiger partial charge on any atom is 0.328 e. The second-order valence-corrected chi connectivity index (χ2v) is 4.83. The van der Waals surface area contributed by atoms with Gasteiger partial charge in [-0.3, -0.25) is 0 Å². The van der Waals surface area contributed by atoms with E-state index in [1.165, 1.54) is 17.2 Å². The highest BCUT2D eigenvalue weighted by Gasteiger charge is 1.99. The number of hydrogen-bond donors (Lipinski definition) is 2. The topological polar surface area (TPSA) is 49.3 Å². The Bertz CT molecular complexity index is 419. The minimum atomic E-state index is -0.893. The number of carboxylic acids is 1. The molecule has 0 atom stereocenters. The molecule has 0 fully saturated rings. The number of hydrogen-bond acceptors (Lipinski definition) is 2. The average molecular weight is 247 g/mol. The van der Waals surface area contributed by atoms with Crippen molar-refractivity contribution in [2.24, 2.45) is 0 Å². The highest BCUT2D eigenvalue weighted by molar-refractivity contribution is 5.80. The van der Waals surface area contributed by atoms with E-state index in [0.29, 0.717) is 12.5 Å². The zero-order valence-electron chi connectivity index (χ0n) is 11.2. The molecule has 0 amide bonds. The number of rotatable bonds is 6. The quantitative estimate of drug-likeness (QED) is 0.760. The fourth-order valence-electron chi connectivity index (χ4n) is 1.69. The Balaban J connectivity index is 2.42. The molecule has 1 aromatic carbocycles. The Morgan fingerprint density at radius 2 is 1.94 bits per heavy atom. The van der Waals surface area contributed by atoms with E-state index in [-0.39, 0.29) is 0 Å². The van der Waals surface area contributed by atoms with Crippen LogP contribution in [-0.4, -0.2) is 17.6 Å². The van der Waals surface area contributed by atoms with E-state index in [2.05, 4.69) is 43.4 Å². The molecule has 2 N–H and O–H groups in total. The summed E-state index contributed by atoms with van der Waals surface area (Å²) in [5.41, 5.74) is 3.37. The van der Waals surface area contributed by atoms with Gasteiger partial charge in [-0.1, -0.05) is 43.7 Å². The number of carboxylic acid groups (broad SMARTS) is 1. The summed E-state index contributed by atoms with van der Waals surface area (Å²) in [5.74, 6) is -0.344. The SMILES string of the molecule is C/C(=C\C(=O)O)CNCc1ccc(C(C)C)cc1. The van der Waals surface area contributed by atoms with E-state index in [4.69, 9.17) is 5.11 Å². The predicted octanol–water partition coefficient (Wildman–Crippen LogP) is 2.93. The van der Waals surface area contributed by atoms with Gasteiger partial charge in [-0.05, 0) is 24.0 Å². The van der Waals surface area contributed by atoms with E-state index in [1.807, 2.05) is 6.92 Å². The van der Waals surface area contributed by atoms with Crippen molar-refractivity contribution in [2.45, 2.75) is 33.2 Å². The van der Waals surface area contributed by atoms with Crippen LogP contribution in [0.5, 0.6) is 0 Å². The first-order chi connectivity index (χ1) is 8.49. The molecule has 0 heterocycles. The lowest BCUT2D eigenvalue weighted by Crippen LogP contribution is -2.16. The maximum absolute atomic E-state index is 10.4. The first-order valence-corrected chi connectivity index (χ1v) is 6.18. The fraction of sp³-hybridized carbons (Fsp3) is 0.400. The van der Waals surface area contributed by atoms with Gasteiger partial charge < -0.3 is 10.4 Å². The minimum absolute atomic E-state index is 0.549. The van der Waals surface area contributed by atoms with E-state index >= 15 is 0 Å². The smallest absolute Gasteiger partial charge is 0.328 e. The van der Waals surface area contributed by atoms with Crippen LogP contribution >= 0.6 is 0 Å². The first-order valence-electron chi connectivity index (χ1n) is 6.18. The van der Waals surface area contributed by atoms with Gasteiger partial charge in [0.05, 0.1) is 0 Å². The molecule has 1 aromatic rings. The summed E-state index contributed by atoms with van der Waals surface area (Å²) in [4.78, 5) is 10.4. The lowest BCUT2D eigenvalue weighted by atomic mass is 10.0. The second-order valence-electron chi connectivity index (χ2n) is 4.83. The number of nitrogens with one attached hydrogen (secondary N) is 1. The van der Waals surface area contributed by atoms with Gasteiger partial charge in [-0.15, -0.1) is 0 Å². The Kier molecular flexibility index (Phi) is 5.59. The molecule has 0 aliphatic carbocycles. The summed E-state index contributed by atoms with van der Waals surface area (Å²) in [6.07, 6.45) is 1.23. The van der Waals surface area contributed by atoms with Gasteiger partial charge in [-0.25, -0.2) is 4.79 Å². The zero-order chi connectivity index (χ0) is 13.5. The van der Waals surface area contributed by atoms with Gasteiger partial charge in [0.2, 0.25) is 0 Å². The first kappa shape index (κ1) is 14.5. The van der Waals surface area contributed by atoms with Crippen molar-refractivity contribution in [1.29, 1.82) is 0 Å². The molecular formula is C15H21NO2. The predicted molar refractivity (Wildman–Crippen MR) is 73.6 cm³/mol. The molecule has 0 unspecified atom stereocenters. The van der Waals surface area contributed by atoms with Gasteiger partial charge in [-0.2, -0.15) is 0 Å². The van der Waals surface area contributed by atoms with Crippen LogP contribution in [0.4, 0.5) is 0 Å². The molecule has 1 rings (SSSR count). The molecule has 0 radical (unpaired) electrons. The maximum atomic E-state index is 10.4. The molecule has 98 valence electrons. The van der Waals surface area contributed by atoms with Crippen molar-refractivity contribution >= 4 is 5.97 Å². The van der Waals surface area contributed by atoms with E-state index in [0.717, 1.165) is 12.1 Å². The number of aliphatic carboxylic acids is 1. The lowest BCUT2D eigenvalue weighted by Gasteiger charge is -2.08. The molecular weight excluding hydrogens is 226 g/mol. The van der Waals surface area contributed by atoms with Gasteiger partial charge >= 0.3 is 5.97 Å². The molecule has 18 heavy (non-hydrogen) atoms. The van der Waals surface area contributed by atoms with E-state index in [9.17, 15) is 4.79 Å². The Hall–Kier alpha value is -1.61. The van der Waals surface area contributed by atoms with Crippen LogP contribution in [0.3, 0.4) is 0 Å². The monoisotopic (exact) mass is 247 g/mol. The largest absolute Gasteiger partial charge is 0.478 e. The van der Waals surface area contributed by atoms with Gasteiger partial charge in [0.1, 0.15) is 0 Å². The molecule has 3 nitrogen and oxygen atoms in total. The molecule has 0 bridgehead atoms. The fourth-order valence-corrected chi connectivity index (χ4v) is 1.69. The van der Waals surface area contributed by atoms with Crippen molar-refractivity contribution in [3.63, 3.8) is 0 Å². The Morgan fingerprint density at radius 1 is 1.33 bits per heavy atom. The van der Waals surface area contributed by atoms with Crippen molar-refractivity contribution in [3.05, 3.63) is 47.0 Å². The molecule has 0 saturated heterocycles. The van der Waals surface area contributed by atoms with Crippen LogP contribution in [0.2, 0.25) is 0 Å². The summed E-state index contributed by atoms with van der Waals surface area (Å²) in [6, 6.07) is 8.50. The minimum Gasteiger partial charge on any atom is -0.478 e. The summed E-state index contributed by atoms with van der Waals surface area (Å²) >= 11 is 0. The molecule has 0 spiro atoms. The summed E-state index contributed by atoms with van der Waals surface area (Å²) in [7, 11) is 0. The number of carbonyl (C=O) groups is 1. The zero-order valence-corrected chi connectivity index (χ0v) is 11.2. The lowest BCUT2D eigenvalue weighted by molar-refractivity contribution is -0.131. The third kappa shape index (κ3) is 5.15. The molecule has 0 aromatic heterocycles. The third-order valence-electron chi connectivity index (χ3n) is 2.75. The van der Waals surface area contributed by atoms with Crippen molar-refractivity contribution in [1.82, 2.24) is 5.32 Å². The van der Waals surface area contributed by atoms with E-state index < -0.39 is 5.97 Å². The van der Waals surface area contributed by atoms with Crippen LogP contribution < -0.4 is 5.32 Å². The average Bonchev–Trinajstić information content (AvgIpc) is 2.28. The van der Waals surface area contributed by atoms with Crippen LogP contribution in [0.25, 0.3) is 0 Å². The number of benzene rings is 1. The highest BCUT2D eigenvalue weighted by atomic mass is 16.4. The van der Waals surface area contributed by atoms with Crippen LogP contribution in [0.15, 0.2) is 35.9 Å². The second kappa shape index (κ2) is 6.97. The van der Waals surface area contributed by atoms with Crippen LogP contribution in [0, 0.1) is 0 Å². The standard InChI is InChI=1S/C15H21NO2/c1-11(2)14-6-4-13(5-7-14)10-16-9-12(3)8-15(17)18/h4-8,11,16H,9-10H2,1-3H3,(H,17,18)/b12-8+. The van der Waals surface area contributed by atoms with Crippen LogP contribution in [0.1, 0.15) is 37.8 Å². The molecule has 0 saturated carbocycles. The summed E-state index contributed by atoms with van der Waals surface area (Å²) in [6.45, 7) is 7.50. The molecule has 0 aliphatic heterocycles. The van der Waals surface area contributed by atoms with Gasteiger partial charge in [0.25, 0.3) is 0 Å². The third-order valence-corrected chi connectivity index (χ3v) is 2.75. The normalized spacial score (nSPS) is 11.9. The Labute approximate surface area is 109 Å².